The normalized spacial score (nSPS) is 14.3. The first-order valence-electron chi connectivity index (χ1n) is 15.0. The number of aliphatic hydroxyl groups excluding tert-OH is 1. The highest BCUT2D eigenvalue weighted by molar-refractivity contribution is 7.92. The summed E-state index contributed by atoms with van der Waals surface area (Å²) in [6, 6.07) is 20.3. The molecule has 0 saturated heterocycles. The van der Waals surface area contributed by atoms with Crippen LogP contribution in [0.25, 0.3) is 11.0 Å². The third-order valence-corrected chi connectivity index (χ3v) is 9.72. The Morgan fingerprint density at radius 3 is 2.72 bits per heavy atom. The van der Waals surface area contributed by atoms with E-state index in [1.165, 1.54) is 12.1 Å². The largest absolute Gasteiger partial charge is 0.387 e. The summed E-state index contributed by atoms with van der Waals surface area (Å²) in [6.07, 6.45) is 2.08. The smallest absolute Gasteiger partial charge is 0.283 e. The number of fused-ring (bicyclic) bond motifs is 2. The number of carbonyl (C=O) groups excluding carboxylic acids is 1. The number of carbonyl (C=O) groups is 1. The van der Waals surface area contributed by atoms with Crippen LogP contribution in [0.2, 0.25) is 0 Å². The summed E-state index contributed by atoms with van der Waals surface area (Å²) in [5, 5.41) is 16.7. The van der Waals surface area contributed by atoms with Gasteiger partial charge in [-0.1, -0.05) is 30.3 Å². The number of hydrogen-bond acceptors (Lipinski definition) is 8. The zero-order valence-electron chi connectivity index (χ0n) is 25.6. The number of benzene rings is 3. The van der Waals surface area contributed by atoms with E-state index in [2.05, 4.69) is 34.0 Å². The second-order valence-electron chi connectivity index (χ2n) is 12.1. The molecule has 0 spiro atoms. The van der Waals surface area contributed by atoms with Gasteiger partial charge in [0.25, 0.3) is 21.5 Å². The van der Waals surface area contributed by atoms with Gasteiger partial charge in [0, 0.05) is 36.4 Å². The van der Waals surface area contributed by atoms with Crippen LogP contribution < -0.4 is 15.6 Å². The molecule has 4 N–H and O–H groups in total. The predicted octanol–water partition coefficient (Wildman–Crippen LogP) is 3.81. The molecule has 1 aliphatic heterocycles. The van der Waals surface area contributed by atoms with E-state index in [1.54, 1.807) is 65.8 Å². The van der Waals surface area contributed by atoms with Gasteiger partial charge in [-0.15, -0.1) is 0 Å². The van der Waals surface area contributed by atoms with Gasteiger partial charge in [0.1, 0.15) is 0 Å². The number of aliphatic hydroxyl groups is 1. The van der Waals surface area contributed by atoms with Crippen molar-refractivity contribution < 1.29 is 22.8 Å². The Morgan fingerprint density at radius 1 is 1.11 bits per heavy atom. The van der Waals surface area contributed by atoms with Gasteiger partial charge in [-0.3, -0.25) is 14.3 Å². The second kappa shape index (κ2) is 12.6. The van der Waals surface area contributed by atoms with Gasteiger partial charge in [-0.2, -0.15) is 5.16 Å². The summed E-state index contributed by atoms with van der Waals surface area (Å²) >= 11 is 0. The van der Waals surface area contributed by atoms with E-state index in [9.17, 15) is 23.1 Å². The summed E-state index contributed by atoms with van der Waals surface area (Å²) in [5.41, 5.74) is 3.11. The number of β-amino-alcohol motifs (C(OH)–C–C–N with tert-alkyl or cyclic N) is 1. The lowest BCUT2D eigenvalue weighted by molar-refractivity contribution is 0.0716. The van der Waals surface area contributed by atoms with Crippen LogP contribution in [0.4, 0.5) is 5.69 Å². The molecule has 0 unspecified atom stereocenters. The molecule has 6 rings (SSSR count). The zero-order chi connectivity index (χ0) is 32.5. The molecule has 0 fully saturated rings. The lowest BCUT2D eigenvalue weighted by Gasteiger charge is -2.28. The molecule has 0 aliphatic carbocycles. The minimum Gasteiger partial charge on any atom is -0.387 e. The van der Waals surface area contributed by atoms with E-state index >= 15 is 0 Å². The average Bonchev–Trinajstić information content (AvgIpc) is 3.64. The molecule has 13 heteroatoms. The monoisotopic (exact) mass is 644 g/mol. The van der Waals surface area contributed by atoms with E-state index < -0.39 is 16.1 Å². The Morgan fingerprint density at radius 2 is 1.91 bits per heavy atom. The van der Waals surface area contributed by atoms with Gasteiger partial charge in [0.05, 0.1) is 40.5 Å². The number of rotatable bonds is 11. The van der Waals surface area contributed by atoms with Gasteiger partial charge >= 0.3 is 0 Å². The van der Waals surface area contributed by atoms with Gasteiger partial charge < -0.3 is 24.4 Å². The molecule has 0 radical (unpaired) electrons. The zero-order valence-corrected chi connectivity index (χ0v) is 26.4. The number of aromatic amines is 1. The summed E-state index contributed by atoms with van der Waals surface area (Å²) in [4.78, 5) is 31.3. The van der Waals surface area contributed by atoms with Crippen molar-refractivity contribution in [2.45, 2.75) is 56.3 Å². The molecular formula is C33H36N6O6S. The van der Waals surface area contributed by atoms with E-state index in [0.29, 0.717) is 53.2 Å². The molecular weight excluding hydrogens is 608 g/mol. The first kappa shape index (κ1) is 31.3. The predicted molar refractivity (Wildman–Crippen MR) is 173 cm³/mol. The molecule has 12 nitrogen and oxygen atoms in total. The molecule has 3 heterocycles. The van der Waals surface area contributed by atoms with E-state index in [4.69, 9.17) is 4.52 Å². The Labute approximate surface area is 266 Å². The molecule has 2 aromatic heterocycles. The number of anilines is 1. The fraction of sp³-hybridized carbons (Fsp3) is 0.303. The van der Waals surface area contributed by atoms with Gasteiger partial charge in [-0.25, -0.2) is 13.4 Å². The SMILES string of the molecule is CC(C)(CCn1cnc2cc(C(=O)N3CCc4c(o[nH]c4=O)C3)ccc21)NC[C@H](O)c1cccc(NS(=O)(=O)c2ccccc2)c1. The number of nitrogens with zero attached hydrogens (tertiary/aromatic N) is 3. The molecule has 1 amide bonds. The minimum atomic E-state index is -3.74. The van der Waals surface area contributed by atoms with Crippen LogP contribution in [0.1, 0.15) is 53.6 Å². The number of sulfonamides is 1. The fourth-order valence-electron chi connectivity index (χ4n) is 5.57. The summed E-state index contributed by atoms with van der Waals surface area (Å²) < 4.78 is 35.3. The first-order valence-corrected chi connectivity index (χ1v) is 16.5. The number of imidazole rings is 1. The highest BCUT2D eigenvalue weighted by atomic mass is 32.2. The van der Waals surface area contributed by atoms with Crippen molar-refractivity contribution >= 4 is 32.7 Å². The number of H-pyrrole nitrogens is 1. The van der Waals surface area contributed by atoms with Gasteiger partial charge in [0.2, 0.25) is 0 Å². The standard InChI is InChI=1S/C33H36N6O6S/c1-33(2,35-19-29(40)22-7-6-8-24(17-22)37-46(43,44)25-9-4-3-5-10-25)14-16-39-21-34-27-18-23(11-12-28(27)39)32(42)38-15-13-26-30(20-38)45-36-31(26)41/h3-12,17-18,21,29,35,37,40H,13-16,19-20H2,1-2H3,(H,36,41)/t29-/m0/s1. The third-order valence-electron chi connectivity index (χ3n) is 8.33. The molecule has 240 valence electrons. The topological polar surface area (TPSA) is 163 Å². The lowest BCUT2D eigenvalue weighted by Crippen LogP contribution is -2.42. The van der Waals surface area contributed by atoms with Crippen LogP contribution >= 0.6 is 0 Å². The Kier molecular flexibility index (Phi) is 8.55. The summed E-state index contributed by atoms with van der Waals surface area (Å²) in [6.45, 7) is 5.71. The van der Waals surface area contributed by atoms with Crippen LogP contribution in [-0.2, 0) is 29.5 Å². The molecule has 0 saturated carbocycles. The van der Waals surface area contributed by atoms with Crippen molar-refractivity contribution in [1.82, 2.24) is 24.9 Å². The van der Waals surface area contributed by atoms with Crippen molar-refractivity contribution in [2.24, 2.45) is 0 Å². The van der Waals surface area contributed by atoms with Gasteiger partial charge in [-0.05, 0) is 74.7 Å². The van der Waals surface area contributed by atoms with Crippen LogP contribution in [0.15, 0.2) is 93.3 Å². The van der Waals surface area contributed by atoms with Crippen molar-refractivity contribution in [3.8, 4) is 0 Å². The molecule has 1 atom stereocenters. The molecule has 1 aliphatic rings. The van der Waals surface area contributed by atoms with Crippen LogP contribution in [0.3, 0.4) is 0 Å². The van der Waals surface area contributed by atoms with Crippen molar-refractivity contribution in [3.63, 3.8) is 0 Å². The number of aryl methyl sites for hydroxylation is 1. The van der Waals surface area contributed by atoms with Crippen molar-refractivity contribution in [2.75, 3.05) is 17.8 Å². The number of amides is 1. The first-order chi connectivity index (χ1) is 22.0. The number of hydrogen-bond donors (Lipinski definition) is 4. The van der Waals surface area contributed by atoms with Gasteiger partial charge in [0.15, 0.2) is 5.76 Å². The van der Waals surface area contributed by atoms with Crippen LogP contribution in [-0.4, -0.2) is 57.7 Å². The number of aromatic nitrogens is 3. The molecule has 46 heavy (non-hydrogen) atoms. The Hall–Kier alpha value is -4.72. The van der Waals surface area contributed by atoms with Crippen molar-refractivity contribution in [1.29, 1.82) is 0 Å². The number of nitrogens with one attached hydrogen (secondary N) is 3. The Balaban J connectivity index is 1.04. The summed E-state index contributed by atoms with van der Waals surface area (Å²) in [5.74, 6) is 0.354. The maximum absolute atomic E-state index is 13.2. The molecule has 5 aromatic rings. The third kappa shape index (κ3) is 6.76. The molecule has 3 aromatic carbocycles. The quantitative estimate of drug-likeness (QED) is 0.169. The van der Waals surface area contributed by atoms with Crippen molar-refractivity contribution in [3.05, 3.63) is 112 Å². The maximum Gasteiger partial charge on any atom is 0.283 e. The molecule has 0 bridgehead atoms. The maximum atomic E-state index is 13.2. The second-order valence-corrected chi connectivity index (χ2v) is 13.8. The van der Waals surface area contributed by atoms with Crippen LogP contribution in [0.5, 0.6) is 0 Å². The summed E-state index contributed by atoms with van der Waals surface area (Å²) in [7, 11) is -3.74. The highest BCUT2D eigenvalue weighted by Crippen LogP contribution is 2.24. The Bertz CT molecular complexity index is 2030. The average molecular weight is 645 g/mol. The van der Waals surface area contributed by atoms with E-state index in [0.717, 1.165) is 11.9 Å². The van der Waals surface area contributed by atoms with E-state index in [-0.39, 0.29) is 35.0 Å². The fourth-order valence-corrected chi connectivity index (χ4v) is 6.64. The lowest BCUT2D eigenvalue weighted by atomic mass is 9.99. The van der Waals surface area contributed by atoms with Crippen LogP contribution in [0, 0.1) is 0 Å². The highest BCUT2D eigenvalue weighted by Gasteiger charge is 2.27. The van der Waals surface area contributed by atoms with E-state index in [1.807, 2.05) is 10.6 Å². The minimum absolute atomic E-state index is 0.144.